The van der Waals surface area contributed by atoms with Crippen LogP contribution in [0.15, 0.2) is 36.5 Å². The average Bonchev–Trinajstić information content (AvgIpc) is 2.37. The van der Waals surface area contributed by atoms with Gasteiger partial charge in [0.05, 0.1) is 12.6 Å². The van der Waals surface area contributed by atoms with Gasteiger partial charge in [-0.05, 0) is 36.8 Å². The Morgan fingerprint density at radius 3 is 2.95 bits per heavy atom. The Morgan fingerprint density at radius 1 is 1.55 bits per heavy atom. The number of benzene rings is 1. The standard InChI is InChI=1S/C14H16N2O3S/c1-3-19-13(18)11-8(2)15-14(20)16-12(11)9-5-4-6-10(17)7-9/h4-7,11-12,17H,2-3H2,1H3,(H2,15,16,20). The SMILES string of the molecule is C=C1NC(=S)NC(c2cccc(O)c2)C1C(=O)OCC. The van der Waals surface area contributed by atoms with E-state index in [9.17, 15) is 9.90 Å². The highest BCUT2D eigenvalue weighted by molar-refractivity contribution is 7.80. The van der Waals surface area contributed by atoms with Crippen molar-refractivity contribution in [3.8, 4) is 5.75 Å². The number of aromatic hydroxyl groups is 1. The van der Waals surface area contributed by atoms with Crippen molar-refractivity contribution in [2.75, 3.05) is 6.61 Å². The number of hydrogen-bond donors (Lipinski definition) is 3. The molecule has 0 saturated carbocycles. The third-order valence-electron chi connectivity index (χ3n) is 3.04. The van der Waals surface area contributed by atoms with Gasteiger partial charge in [-0.15, -0.1) is 0 Å². The van der Waals surface area contributed by atoms with Crippen LogP contribution in [0.3, 0.4) is 0 Å². The number of rotatable bonds is 3. The Bertz CT molecular complexity index is 559. The summed E-state index contributed by atoms with van der Waals surface area (Å²) in [6.07, 6.45) is 0. The largest absolute Gasteiger partial charge is 0.508 e. The van der Waals surface area contributed by atoms with Crippen molar-refractivity contribution in [2.24, 2.45) is 5.92 Å². The van der Waals surface area contributed by atoms with E-state index in [2.05, 4.69) is 17.2 Å². The van der Waals surface area contributed by atoms with Gasteiger partial charge in [-0.2, -0.15) is 0 Å². The zero-order chi connectivity index (χ0) is 14.7. The van der Waals surface area contributed by atoms with Gasteiger partial charge >= 0.3 is 5.97 Å². The van der Waals surface area contributed by atoms with Crippen LogP contribution < -0.4 is 10.6 Å². The van der Waals surface area contributed by atoms with E-state index in [-0.39, 0.29) is 11.7 Å². The molecule has 1 aliphatic rings. The first-order valence-corrected chi connectivity index (χ1v) is 6.65. The molecule has 2 atom stereocenters. The molecule has 5 nitrogen and oxygen atoms in total. The van der Waals surface area contributed by atoms with Crippen LogP contribution in [0.1, 0.15) is 18.5 Å². The zero-order valence-electron chi connectivity index (χ0n) is 11.1. The highest BCUT2D eigenvalue weighted by Gasteiger charge is 2.37. The molecular formula is C14H16N2O3S. The molecule has 1 aromatic rings. The van der Waals surface area contributed by atoms with Crippen LogP contribution in [0.25, 0.3) is 0 Å². The van der Waals surface area contributed by atoms with Crippen LogP contribution in [0.2, 0.25) is 0 Å². The Hall–Kier alpha value is -2.08. The van der Waals surface area contributed by atoms with Gasteiger partial charge in [0.15, 0.2) is 5.11 Å². The first-order valence-electron chi connectivity index (χ1n) is 6.24. The van der Waals surface area contributed by atoms with Crippen molar-refractivity contribution in [1.29, 1.82) is 0 Å². The van der Waals surface area contributed by atoms with Gasteiger partial charge in [-0.3, -0.25) is 4.79 Å². The molecule has 0 aromatic heterocycles. The molecule has 6 heteroatoms. The first-order chi connectivity index (χ1) is 9.52. The van der Waals surface area contributed by atoms with E-state index < -0.39 is 12.0 Å². The third kappa shape index (κ3) is 2.91. The molecule has 1 aliphatic heterocycles. The quantitative estimate of drug-likeness (QED) is 0.581. The minimum absolute atomic E-state index is 0.127. The molecule has 20 heavy (non-hydrogen) atoms. The molecule has 0 bridgehead atoms. The number of carbonyl (C=O) groups excluding carboxylic acids is 1. The summed E-state index contributed by atoms with van der Waals surface area (Å²) >= 11 is 5.10. The van der Waals surface area contributed by atoms with Gasteiger partial charge in [0.25, 0.3) is 0 Å². The average molecular weight is 292 g/mol. The predicted octanol–water partition coefficient (Wildman–Crippen LogP) is 1.60. The maximum absolute atomic E-state index is 12.1. The molecule has 1 fully saturated rings. The van der Waals surface area contributed by atoms with Gasteiger partial charge in [0.2, 0.25) is 0 Å². The van der Waals surface area contributed by atoms with Gasteiger partial charge in [0, 0.05) is 5.70 Å². The number of nitrogens with one attached hydrogen (secondary N) is 2. The summed E-state index contributed by atoms with van der Waals surface area (Å²) in [5.41, 5.74) is 1.23. The Morgan fingerprint density at radius 2 is 2.30 bits per heavy atom. The number of phenolic OH excluding ortho intramolecular Hbond substituents is 1. The summed E-state index contributed by atoms with van der Waals surface area (Å²) in [6, 6.07) is 6.26. The molecule has 2 rings (SSSR count). The summed E-state index contributed by atoms with van der Waals surface area (Å²) in [4.78, 5) is 12.1. The molecule has 106 valence electrons. The predicted molar refractivity (Wildman–Crippen MR) is 79.0 cm³/mol. The Balaban J connectivity index is 2.36. The van der Waals surface area contributed by atoms with E-state index in [0.29, 0.717) is 17.4 Å². The molecular weight excluding hydrogens is 276 g/mol. The summed E-state index contributed by atoms with van der Waals surface area (Å²) in [7, 11) is 0. The van der Waals surface area contributed by atoms with Gasteiger partial charge in [-0.1, -0.05) is 18.7 Å². The number of phenols is 1. The molecule has 1 aromatic carbocycles. The molecule has 0 amide bonds. The van der Waals surface area contributed by atoms with Crippen molar-refractivity contribution < 1.29 is 14.6 Å². The topological polar surface area (TPSA) is 70.6 Å². The number of hydrogen-bond acceptors (Lipinski definition) is 4. The van der Waals surface area contributed by atoms with Crippen molar-refractivity contribution in [3.63, 3.8) is 0 Å². The number of thiocarbonyl (C=S) groups is 1. The van der Waals surface area contributed by atoms with Crippen molar-refractivity contribution in [3.05, 3.63) is 42.1 Å². The maximum atomic E-state index is 12.1. The molecule has 3 N–H and O–H groups in total. The second-order valence-electron chi connectivity index (χ2n) is 4.43. The highest BCUT2D eigenvalue weighted by atomic mass is 32.1. The van der Waals surface area contributed by atoms with Crippen molar-refractivity contribution in [2.45, 2.75) is 13.0 Å². The number of carbonyl (C=O) groups is 1. The van der Waals surface area contributed by atoms with Crippen LogP contribution in [-0.4, -0.2) is 22.8 Å². The summed E-state index contributed by atoms with van der Waals surface area (Å²) in [5.74, 6) is -0.862. The second-order valence-corrected chi connectivity index (χ2v) is 4.83. The third-order valence-corrected chi connectivity index (χ3v) is 3.26. The number of ether oxygens (including phenoxy) is 1. The van der Waals surface area contributed by atoms with E-state index in [1.807, 2.05) is 6.07 Å². The smallest absolute Gasteiger partial charge is 0.317 e. The Labute approximate surface area is 122 Å². The summed E-state index contributed by atoms with van der Waals surface area (Å²) in [6.45, 7) is 5.89. The van der Waals surface area contributed by atoms with E-state index in [4.69, 9.17) is 17.0 Å². The minimum Gasteiger partial charge on any atom is -0.508 e. The van der Waals surface area contributed by atoms with E-state index >= 15 is 0 Å². The first kappa shape index (κ1) is 14.3. The fourth-order valence-corrected chi connectivity index (χ4v) is 2.45. The lowest BCUT2D eigenvalue weighted by Crippen LogP contribution is -2.50. The minimum atomic E-state index is -0.608. The van der Waals surface area contributed by atoms with Crippen LogP contribution in [0.4, 0.5) is 0 Å². The van der Waals surface area contributed by atoms with Crippen molar-refractivity contribution >= 4 is 23.3 Å². The van der Waals surface area contributed by atoms with Crippen LogP contribution >= 0.6 is 12.2 Å². The van der Waals surface area contributed by atoms with Crippen LogP contribution in [-0.2, 0) is 9.53 Å². The van der Waals surface area contributed by atoms with Gasteiger partial charge in [0.1, 0.15) is 11.7 Å². The van der Waals surface area contributed by atoms with E-state index in [1.165, 1.54) is 0 Å². The fraction of sp³-hybridized carbons (Fsp3) is 0.286. The lowest BCUT2D eigenvalue weighted by atomic mass is 9.89. The molecule has 1 heterocycles. The van der Waals surface area contributed by atoms with Crippen LogP contribution in [0, 0.1) is 5.92 Å². The molecule has 0 aliphatic carbocycles. The van der Waals surface area contributed by atoms with E-state index in [0.717, 1.165) is 5.56 Å². The highest BCUT2D eigenvalue weighted by Crippen LogP contribution is 2.31. The molecule has 0 spiro atoms. The molecule has 1 saturated heterocycles. The normalized spacial score (nSPS) is 21.9. The fourth-order valence-electron chi connectivity index (χ4n) is 2.19. The summed E-state index contributed by atoms with van der Waals surface area (Å²) < 4.78 is 5.08. The van der Waals surface area contributed by atoms with Gasteiger partial charge < -0.3 is 20.5 Å². The summed E-state index contributed by atoms with van der Waals surface area (Å²) in [5, 5.41) is 15.9. The van der Waals surface area contributed by atoms with E-state index in [1.54, 1.807) is 25.1 Å². The number of esters is 1. The zero-order valence-corrected chi connectivity index (χ0v) is 11.9. The molecule has 0 radical (unpaired) electrons. The monoisotopic (exact) mass is 292 g/mol. The lowest BCUT2D eigenvalue weighted by Gasteiger charge is -2.34. The van der Waals surface area contributed by atoms with Crippen LogP contribution in [0.5, 0.6) is 5.75 Å². The van der Waals surface area contributed by atoms with Gasteiger partial charge in [-0.25, -0.2) is 0 Å². The Kier molecular flexibility index (Phi) is 4.24. The molecule has 2 unspecified atom stereocenters. The maximum Gasteiger partial charge on any atom is 0.317 e. The second kappa shape index (κ2) is 5.92. The van der Waals surface area contributed by atoms with Crippen molar-refractivity contribution in [1.82, 2.24) is 10.6 Å². The lowest BCUT2D eigenvalue weighted by molar-refractivity contribution is -0.147.